The van der Waals surface area contributed by atoms with Gasteiger partial charge in [0, 0.05) is 11.0 Å². The first-order valence-corrected chi connectivity index (χ1v) is 11.8. The summed E-state index contributed by atoms with van der Waals surface area (Å²) in [7, 11) is 0. The summed E-state index contributed by atoms with van der Waals surface area (Å²) < 4.78 is 7.33. The first-order chi connectivity index (χ1) is 13.7. The van der Waals surface area contributed by atoms with Gasteiger partial charge in [-0.15, -0.1) is 11.3 Å². The molecular weight excluding hydrogens is 372 g/mol. The summed E-state index contributed by atoms with van der Waals surface area (Å²) in [4.78, 5) is 1.33. The van der Waals surface area contributed by atoms with Crippen LogP contribution < -0.4 is 4.74 Å². The molecule has 0 saturated carbocycles. The van der Waals surface area contributed by atoms with E-state index >= 15 is 0 Å². The maximum atomic E-state index is 5.98. The van der Waals surface area contributed by atoms with E-state index in [9.17, 15) is 0 Å². The summed E-state index contributed by atoms with van der Waals surface area (Å²) in [6, 6.07) is 17.5. The van der Waals surface area contributed by atoms with Crippen molar-refractivity contribution in [3.05, 3.63) is 54.1 Å². The van der Waals surface area contributed by atoms with E-state index < -0.39 is 0 Å². The fourth-order valence-electron chi connectivity index (χ4n) is 3.16. The number of benzene rings is 2. The highest BCUT2D eigenvalue weighted by Crippen LogP contribution is 2.35. The lowest BCUT2D eigenvalue weighted by Gasteiger charge is -2.11. The summed E-state index contributed by atoms with van der Waals surface area (Å²) >= 11 is 1.86. The Labute approximate surface area is 184 Å². The molecule has 2 aromatic carbocycles. The number of ether oxygens (including phenoxy) is 1. The second-order valence-electron chi connectivity index (χ2n) is 7.23. The van der Waals surface area contributed by atoms with Crippen LogP contribution in [-0.4, -0.2) is 6.61 Å². The van der Waals surface area contributed by atoms with E-state index in [4.69, 9.17) is 4.74 Å². The Morgan fingerprint density at radius 2 is 1.55 bits per heavy atom. The summed E-state index contributed by atoms with van der Waals surface area (Å²) in [6.45, 7) is 9.66. The first-order valence-electron chi connectivity index (χ1n) is 11.0. The molecule has 0 bridgehead atoms. The van der Waals surface area contributed by atoms with E-state index in [0.29, 0.717) is 0 Å². The molecule has 0 N–H and O–H groups in total. The van der Waals surface area contributed by atoms with Crippen molar-refractivity contribution in [1.29, 1.82) is 0 Å². The molecule has 29 heavy (non-hydrogen) atoms. The van der Waals surface area contributed by atoms with Gasteiger partial charge in [-0.1, -0.05) is 85.4 Å². The van der Waals surface area contributed by atoms with Crippen LogP contribution in [0.4, 0.5) is 0 Å². The third-order valence-corrected chi connectivity index (χ3v) is 6.03. The Morgan fingerprint density at radius 1 is 0.828 bits per heavy atom. The fraction of sp³-hybridized carbons (Fsp3) is 0.481. The minimum Gasteiger partial charge on any atom is -0.493 e. The van der Waals surface area contributed by atoms with Crippen molar-refractivity contribution in [1.82, 2.24) is 0 Å². The van der Waals surface area contributed by atoms with Crippen LogP contribution in [0.25, 0.3) is 20.5 Å². The predicted octanol–water partition coefficient (Wildman–Crippen LogP) is 9.78. The monoisotopic (exact) mass is 414 g/mol. The van der Waals surface area contributed by atoms with Crippen LogP contribution in [0.5, 0.6) is 5.75 Å². The normalized spacial score (nSPS) is 10.2. The molecule has 1 nitrogen and oxygen atoms in total. The third kappa shape index (κ3) is 7.85. The predicted molar refractivity (Wildman–Crippen MR) is 136 cm³/mol. The van der Waals surface area contributed by atoms with Gasteiger partial charge in [0.2, 0.25) is 0 Å². The molecule has 3 aromatic rings. The second kappa shape index (κ2) is 14.2. The molecule has 162 valence electrons. The smallest absolute Gasteiger partial charge is 0.122 e. The molecule has 0 amide bonds. The van der Waals surface area contributed by atoms with Gasteiger partial charge in [0.1, 0.15) is 5.75 Å². The van der Waals surface area contributed by atoms with E-state index in [-0.39, 0.29) is 8.85 Å². The van der Waals surface area contributed by atoms with Gasteiger partial charge < -0.3 is 4.74 Å². The minimum absolute atomic E-state index is 0. The SMILES string of the molecule is C.CCCCC.CCCCCOc1ccc(-c2cc3ccccc3s2)cc1CC.[HH]. The number of aryl methyl sites for hydroxylation is 1. The number of thiophene rings is 1. The molecule has 2 heteroatoms. The van der Waals surface area contributed by atoms with Crippen molar-refractivity contribution < 1.29 is 6.16 Å². The summed E-state index contributed by atoms with van der Waals surface area (Å²) in [6.07, 6.45) is 8.68. The maximum Gasteiger partial charge on any atom is 0.122 e. The van der Waals surface area contributed by atoms with Gasteiger partial charge in [-0.25, -0.2) is 0 Å². The molecule has 0 unspecified atom stereocenters. The van der Waals surface area contributed by atoms with Crippen LogP contribution >= 0.6 is 11.3 Å². The molecule has 0 spiro atoms. The van der Waals surface area contributed by atoms with Gasteiger partial charge in [0.05, 0.1) is 6.61 Å². The average Bonchev–Trinajstić information content (AvgIpc) is 3.16. The molecule has 3 rings (SSSR count). The van der Waals surface area contributed by atoms with E-state index in [1.807, 2.05) is 11.3 Å². The third-order valence-electron chi connectivity index (χ3n) is 4.86. The largest absolute Gasteiger partial charge is 0.493 e. The highest BCUT2D eigenvalue weighted by molar-refractivity contribution is 7.22. The highest BCUT2D eigenvalue weighted by atomic mass is 32.1. The number of hydrogen-bond acceptors (Lipinski definition) is 2. The van der Waals surface area contributed by atoms with E-state index in [0.717, 1.165) is 25.2 Å². The Bertz CT molecular complexity index is 790. The van der Waals surface area contributed by atoms with E-state index in [2.05, 4.69) is 76.2 Å². The van der Waals surface area contributed by atoms with Gasteiger partial charge in [-0.2, -0.15) is 0 Å². The zero-order valence-electron chi connectivity index (χ0n) is 18.1. The molecule has 0 radical (unpaired) electrons. The van der Waals surface area contributed by atoms with Crippen molar-refractivity contribution in [2.75, 3.05) is 6.61 Å². The molecule has 0 aliphatic carbocycles. The summed E-state index contributed by atoms with van der Waals surface area (Å²) in [5.41, 5.74) is 2.60. The Hall–Kier alpha value is -1.80. The average molecular weight is 415 g/mol. The van der Waals surface area contributed by atoms with Crippen molar-refractivity contribution in [3.8, 4) is 16.2 Å². The van der Waals surface area contributed by atoms with E-state index in [1.165, 1.54) is 58.2 Å². The van der Waals surface area contributed by atoms with Gasteiger partial charge in [0.25, 0.3) is 0 Å². The van der Waals surface area contributed by atoms with Gasteiger partial charge in [0.15, 0.2) is 0 Å². The van der Waals surface area contributed by atoms with Crippen molar-refractivity contribution in [2.24, 2.45) is 0 Å². The first kappa shape index (κ1) is 25.2. The van der Waals surface area contributed by atoms with Gasteiger partial charge >= 0.3 is 0 Å². The lowest BCUT2D eigenvalue weighted by molar-refractivity contribution is 0.303. The molecule has 0 aliphatic heterocycles. The summed E-state index contributed by atoms with van der Waals surface area (Å²) in [5, 5.41) is 1.32. The zero-order valence-corrected chi connectivity index (χ0v) is 18.9. The van der Waals surface area contributed by atoms with Crippen LogP contribution in [-0.2, 0) is 6.42 Å². The Balaban J connectivity index is 0.00000108. The number of unbranched alkanes of at least 4 members (excludes halogenated alkanes) is 4. The van der Waals surface area contributed by atoms with Crippen LogP contribution in [0.3, 0.4) is 0 Å². The highest BCUT2D eigenvalue weighted by Gasteiger charge is 2.08. The van der Waals surface area contributed by atoms with Crippen LogP contribution in [0.15, 0.2) is 48.5 Å². The molecule has 0 fully saturated rings. The fourth-order valence-corrected chi connectivity index (χ4v) is 4.22. The Morgan fingerprint density at radius 3 is 2.17 bits per heavy atom. The lowest BCUT2D eigenvalue weighted by Crippen LogP contribution is -2.00. The standard InChI is InChI=1S/C21H24OS.C5H12.CH4.H2/c1-3-5-8-13-22-19-12-11-18(14-16(19)4-2)21-15-17-9-6-7-10-20(17)23-21;1-3-5-4-2;;/h6-7,9-12,14-15H,3-5,8,13H2,1-2H3;3-5H2,1-2H3;1H4;1H. The topological polar surface area (TPSA) is 9.23 Å². The van der Waals surface area contributed by atoms with Crippen LogP contribution in [0, 0.1) is 0 Å². The van der Waals surface area contributed by atoms with Gasteiger partial charge in [-0.05, 0) is 59.7 Å². The zero-order chi connectivity index (χ0) is 20.2. The van der Waals surface area contributed by atoms with Crippen molar-refractivity contribution >= 4 is 21.4 Å². The minimum atomic E-state index is 0. The van der Waals surface area contributed by atoms with Crippen LogP contribution in [0.2, 0.25) is 0 Å². The second-order valence-corrected chi connectivity index (χ2v) is 8.32. The van der Waals surface area contributed by atoms with Crippen molar-refractivity contribution in [3.63, 3.8) is 0 Å². The molecule has 0 saturated heterocycles. The van der Waals surface area contributed by atoms with Gasteiger partial charge in [-0.3, -0.25) is 0 Å². The van der Waals surface area contributed by atoms with Crippen LogP contribution in [0.1, 0.15) is 80.6 Å². The van der Waals surface area contributed by atoms with Crippen molar-refractivity contribution in [2.45, 2.75) is 80.1 Å². The Kier molecular flexibility index (Phi) is 12.4. The maximum absolute atomic E-state index is 5.98. The summed E-state index contributed by atoms with van der Waals surface area (Å²) in [5.74, 6) is 1.05. The molecule has 1 aromatic heterocycles. The number of rotatable bonds is 9. The van der Waals surface area contributed by atoms with E-state index in [1.54, 1.807) is 0 Å². The quantitative estimate of drug-likeness (QED) is 0.316. The molecule has 0 aliphatic rings. The lowest BCUT2D eigenvalue weighted by atomic mass is 10.1. The number of hydrogen-bond donors (Lipinski definition) is 0. The number of fused-ring (bicyclic) bond motifs is 1. The molecule has 1 heterocycles. The molecular formula is C27H42OS. The molecule has 0 atom stereocenters.